The topological polar surface area (TPSA) is 75.4 Å². The molecule has 1 aromatic carbocycles. The second-order valence-electron chi connectivity index (χ2n) is 4.60. The maximum atomic E-state index is 10.8. The molecule has 0 aliphatic rings. The van der Waals surface area contributed by atoms with Crippen molar-refractivity contribution >= 4 is 5.69 Å². The molecule has 1 rings (SSSR count). The van der Waals surface area contributed by atoms with Gasteiger partial charge in [-0.25, -0.2) is 0 Å². The van der Waals surface area contributed by atoms with Gasteiger partial charge in [0, 0.05) is 23.7 Å². The first-order valence-corrected chi connectivity index (χ1v) is 5.54. The van der Waals surface area contributed by atoms with Crippen molar-refractivity contribution in [2.75, 3.05) is 13.2 Å². The monoisotopic (exact) mass is 238 g/mol. The molecule has 5 nitrogen and oxygen atoms in total. The number of nitrogens with zero attached hydrogens (tertiary/aromatic N) is 1. The molecular weight excluding hydrogens is 220 g/mol. The summed E-state index contributed by atoms with van der Waals surface area (Å²) in [4.78, 5) is 10.4. The molecule has 0 saturated heterocycles. The minimum Gasteiger partial charge on any atom is -0.394 e. The molecule has 0 bridgehead atoms. The Morgan fingerprint density at radius 2 is 2.06 bits per heavy atom. The van der Waals surface area contributed by atoms with E-state index in [2.05, 4.69) is 5.32 Å². The molecule has 0 atom stereocenters. The van der Waals surface area contributed by atoms with E-state index in [4.69, 9.17) is 5.11 Å². The molecule has 0 spiro atoms. The molecular formula is C12H18N2O3. The lowest BCUT2D eigenvalue weighted by Gasteiger charge is -2.23. The molecule has 1 aromatic rings. The van der Waals surface area contributed by atoms with Crippen LogP contribution in [0.15, 0.2) is 24.3 Å². The molecule has 17 heavy (non-hydrogen) atoms. The molecule has 94 valence electrons. The number of nitro benzene ring substituents is 1. The lowest BCUT2D eigenvalue weighted by Crippen LogP contribution is -2.43. The largest absolute Gasteiger partial charge is 0.394 e. The molecule has 0 radical (unpaired) electrons. The van der Waals surface area contributed by atoms with Crippen LogP contribution in [0.5, 0.6) is 0 Å². The maximum Gasteiger partial charge on any atom is 0.272 e. The lowest BCUT2D eigenvalue weighted by molar-refractivity contribution is -0.385. The van der Waals surface area contributed by atoms with Crippen molar-refractivity contribution < 1.29 is 10.0 Å². The summed E-state index contributed by atoms with van der Waals surface area (Å²) in [6.07, 6.45) is 0.570. The van der Waals surface area contributed by atoms with Gasteiger partial charge in [0.15, 0.2) is 0 Å². The quantitative estimate of drug-likeness (QED) is 0.581. The number of hydrogen-bond donors (Lipinski definition) is 2. The average Bonchev–Trinajstić information content (AvgIpc) is 2.29. The van der Waals surface area contributed by atoms with E-state index in [0.717, 1.165) is 0 Å². The number of nitro groups is 1. The summed E-state index contributed by atoms with van der Waals surface area (Å²) in [6.45, 7) is 4.39. The third kappa shape index (κ3) is 4.13. The average molecular weight is 238 g/mol. The van der Waals surface area contributed by atoms with E-state index in [1.807, 2.05) is 13.8 Å². The van der Waals surface area contributed by atoms with Crippen LogP contribution in [-0.2, 0) is 6.42 Å². The maximum absolute atomic E-state index is 10.8. The second kappa shape index (κ2) is 5.75. The Morgan fingerprint density at radius 3 is 2.65 bits per heavy atom. The number of benzene rings is 1. The summed E-state index contributed by atoms with van der Waals surface area (Å²) in [5, 5.41) is 23.0. The smallest absolute Gasteiger partial charge is 0.272 e. The molecule has 2 N–H and O–H groups in total. The van der Waals surface area contributed by atoms with E-state index in [-0.39, 0.29) is 22.8 Å². The van der Waals surface area contributed by atoms with Crippen molar-refractivity contribution in [3.63, 3.8) is 0 Å². The molecule has 0 heterocycles. The van der Waals surface area contributed by atoms with E-state index in [1.54, 1.807) is 18.2 Å². The van der Waals surface area contributed by atoms with E-state index in [0.29, 0.717) is 18.5 Å². The minimum atomic E-state index is -0.369. The predicted molar refractivity (Wildman–Crippen MR) is 66.0 cm³/mol. The van der Waals surface area contributed by atoms with Crippen molar-refractivity contribution in [3.05, 3.63) is 39.9 Å². The van der Waals surface area contributed by atoms with E-state index >= 15 is 0 Å². The summed E-state index contributed by atoms with van der Waals surface area (Å²) in [6, 6.07) is 6.71. The zero-order chi connectivity index (χ0) is 12.9. The Kier molecular flexibility index (Phi) is 4.60. The molecule has 0 aromatic heterocycles. The Morgan fingerprint density at radius 1 is 1.41 bits per heavy atom. The third-order valence-corrected chi connectivity index (χ3v) is 2.58. The molecule has 0 fully saturated rings. The number of para-hydroxylation sites is 1. The highest BCUT2D eigenvalue weighted by Gasteiger charge is 2.16. The second-order valence-corrected chi connectivity index (χ2v) is 4.60. The van der Waals surface area contributed by atoms with E-state index < -0.39 is 0 Å². The molecule has 0 amide bonds. The van der Waals surface area contributed by atoms with Crippen LogP contribution >= 0.6 is 0 Å². The Hall–Kier alpha value is -1.46. The van der Waals surface area contributed by atoms with Gasteiger partial charge in [-0.2, -0.15) is 0 Å². The predicted octanol–water partition coefficient (Wildman–Crippen LogP) is 1.50. The van der Waals surface area contributed by atoms with Gasteiger partial charge in [0.1, 0.15) is 0 Å². The fraction of sp³-hybridized carbons (Fsp3) is 0.500. The van der Waals surface area contributed by atoms with Gasteiger partial charge in [0.05, 0.1) is 11.5 Å². The third-order valence-electron chi connectivity index (χ3n) is 2.58. The van der Waals surface area contributed by atoms with Crippen LogP contribution in [0.25, 0.3) is 0 Å². The van der Waals surface area contributed by atoms with E-state index in [1.165, 1.54) is 6.07 Å². The van der Waals surface area contributed by atoms with Gasteiger partial charge in [-0.3, -0.25) is 10.1 Å². The van der Waals surface area contributed by atoms with Crippen LogP contribution in [-0.4, -0.2) is 28.7 Å². The van der Waals surface area contributed by atoms with Crippen molar-refractivity contribution in [2.45, 2.75) is 25.8 Å². The van der Waals surface area contributed by atoms with Gasteiger partial charge in [-0.1, -0.05) is 18.2 Å². The number of aliphatic hydroxyl groups excluding tert-OH is 1. The van der Waals surface area contributed by atoms with Gasteiger partial charge >= 0.3 is 0 Å². The summed E-state index contributed by atoms with van der Waals surface area (Å²) >= 11 is 0. The SMILES string of the molecule is CC(C)(CO)NCCc1ccccc1[N+](=O)[O-]. The van der Waals surface area contributed by atoms with Crippen LogP contribution in [0.1, 0.15) is 19.4 Å². The van der Waals surface area contributed by atoms with Crippen molar-refractivity contribution in [1.82, 2.24) is 5.32 Å². The summed E-state index contributed by atoms with van der Waals surface area (Å²) in [5.74, 6) is 0. The zero-order valence-corrected chi connectivity index (χ0v) is 10.1. The normalized spacial score (nSPS) is 11.5. The van der Waals surface area contributed by atoms with Crippen LogP contribution in [0, 0.1) is 10.1 Å². The van der Waals surface area contributed by atoms with Crippen LogP contribution in [0.3, 0.4) is 0 Å². The number of rotatable bonds is 6. The minimum absolute atomic E-state index is 0.0316. The van der Waals surface area contributed by atoms with E-state index in [9.17, 15) is 10.1 Å². The number of aliphatic hydroxyl groups is 1. The van der Waals surface area contributed by atoms with Gasteiger partial charge in [0.25, 0.3) is 5.69 Å². The van der Waals surface area contributed by atoms with Gasteiger partial charge in [-0.05, 0) is 20.3 Å². The number of hydrogen-bond acceptors (Lipinski definition) is 4. The first kappa shape index (κ1) is 13.6. The van der Waals surface area contributed by atoms with Gasteiger partial charge in [0.2, 0.25) is 0 Å². The molecule has 0 aliphatic heterocycles. The highest BCUT2D eigenvalue weighted by atomic mass is 16.6. The van der Waals surface area contributed by atoms with Gasteiger partial charge < -0.3 is 10.4 Å². The number of nitrogens with one attached hydrogen (secondary N) is 1. The fourth-order valence-corrected chi connectivity index (χ4v) is 1.49. The summed E-state index contributed by atoms with van der Waals surface area (Å²) < 4.78 is 0. The van der Waals surface area contributed by atoms with Crippen LogP contribution < -0.4 is 5.32 Å². The van der Waals surface area contributed by atoms with Crippen molar-refractivity contribution in [3.8, 4) is 0 Å². The summed E-state index contributed by atoms with van der Waals surface area (Å²) in [5.41, 5.74) is 0.499. The molecule has 0 aliphatic carbocycles. The van der Waals surface area contributed by atoms with Crippen molar-refractivity contribution in [2.24, 2.45) is 0 Å². The standard InChI is InChI=1S/C12H18N2O3/c1-12(2,9-15)13-8-7-10-5-3-4-6-11(10)14(16)17/h3-6,13,15H,7-9H2,1-2H3. The zero-order valence-electron chi connectivity index (χ0n) is 10.1. The van der Waals surface area contributed by atoms with Crippen molar-refractivity contribution in [1.29, 1.82) is 0 Å². The molecule has 0 saturated carbocycles. The molecule has 0 unspecified atom stereocenters. The highest BCUT2D eigenvalue weighted by molar-refractivity contribution is 5.39. The highest BCUT2D eigenvalue weighted by Crippen LogP contribution is 2.17. The first-order valence-electron chi connectivity index (χ1n) is 5.54. The molecule has 5 heteroatoms. The fourth-order valence-electron chi connectivity index (χ4n) is 1.49. The summed E-state index contributed by atoms with van der Waals surface area (Å²) in [7, 11) is 0. The Bertz CT molecular complexity index is 391. The lowest BCUT2D eigenvalue weighted by atomic mass is 10.1. The van der Waals surface area contributed by atoms with Gasteiger partial charge in [-0.15, -0.1) is 0 Å². The Labute approximate surface area is 101 Å². The van der Waals surface area contributed by atoms with Crippen LogP contribution in [0.2, 0.25) is 0 Å². The van der Waals surface area contributed by atoms with Crippen LogP contribution in [0.4, 0.5) is 5.69 Å². The Balaban J connectivity index is 2.61. The first-order chi connectivity index (χ1) is 7.96.